The average Bonchev–Trinajstić information content (AvgIpc) is 3.28. The highest BCUT2D eigenvalue weighted by Gasteiger charge is 2.39. The second-order valence-electron chi connectivity index (χ2n) is 10.3. The van der Waals surface area contributed by atoms with Gasteiger partial charge in [-0.25, -0.2) is 5.43 Å². The lowest BCUT2D eigenvalue weighted by Crippen LogP contribution is -2.64. The Hall–Kier alpha value is -1.26. The van der Waals surface area contributed by atoms with Crippen LogP contribution in [0.15, 0.2) is 0 Å². The number of hydrogen-bond donors (Lipinski definition) is 6. The van der Waals surface area contributed by atoms with Gasteiger partial charge in [0.25, 0.3) is 0 Å². The Balaban J connectivity index is 1.05. The normalized spacial score (nSPS) is 37.5. The average molecular weight is 451 g/mol. The molecule has 2 amide bonds. The second kappa shape index (κ2) is 11.7. The van der Waals surface area contributed by atoms with Crippen LogP contribution in [0.25, 0.3) is 0 Å². The number of carbonyl (C=O) groups excluding carboxylic acids is 2. The van der Waals surface area contributed by atoms with E-state index < -0.39 is 0 Å². The maximum atomic E-state index is 12.2. The molecule has 2 saturated heterocycles. The Kier molecular flexibility index (Phi) is 8.76. The van der Waals surface area contributed by atoms with Crippen molar-refractivity contribution >= 4 is 11.8 Å². The van der Waals surface area contributed by atoms with Crippen molar-refractivity contribution in [1.82, 2.24) is 32.3 Å². The molecule has 0 bridgehead atoms. The molecule has 7 unspecified atom stereocenters. The highest BCUT2D eigenvalue weighted by Crippen LogP contribution is 2.33. The Morgan fingerprint density at radius 1 is 1.12 bits per heavy atom. The van der Waals surface area contributed by atoms with E-state index in [1.54, 1.807) is 0 Å². The molecule has 0 aromatic rings. The Morgan fingerprint density at radius 3 is 2.88 bits per heavy atom. The van der Waals surface area contributed by atoms with Crippen LogP contribution in [0.1, 0.15) is 77.6 Å². The van der Waals surface area contributed by atoms with E-state index in [2.05, 4.69) is 39.2 Å². The van der Waals surface area contributed by atoms with Crippen molar-refractivity contribution in [2.24, 2.45) is 23.7 Å². The molecule has 0 aromatic heterocycles. The van der Waals surface area contributed by atoms with Gasteiger partial charge < -0.3 is 10.6 Å². The van der Waals surface area contributed by atoms with Gasteiger partial charge in [0.05, 0.1) is 12.3 Å². The summed E-state index contributed by atoms with van der Waals surface area (Å²) in [7, 11) is 0. The number of rotatable bonds is 9. The van der Waals surface area contributed by atoms with Crippen LogP contribution in [0.3, 0.4) is 0 Å². The fraction of sp³-hybridized carbons (Fsp3) is 0.913. The van der Waals surface area contributed by atoms with Crippen LogP contribution in [0.5, 0.6) is 0 Å². The van der Waals surface area contributed by atoms with E-state index in [4.69, 9.17) is 4.84 Å². The maximum Gasteiger partial charge on any atom is 0.237 e. The Morgan fingerprint density at radius 2 is 2.00 bits per heavy atom. The summed E-state index contributed by atoms with van der Waals surface area (Å²) in [6.45, 7) is 3.78. The monoisotopic (exact) mass is 450 g/mol. The van der Waals surface area contributed by atoms with Crippen LogP contribution in [0.2, 0.25) is 0 Å². The first-order chi connectivity index (χ1) is 15.6. The van der Waals surface area contributed by atoms with E-state index in [1.165, 1.54) is 32.1 Å². The first kappa shape index (κ1) is 23.9. The molecule has 2 aliphatic heterocycles. The Bertz CT molecular complexity index is 635. The lowest BCUT2D eigenvalue weighted by Gasteiger charge is -2.41. The van der Waals surface area contributed by atoms with E-state index in [0.717, 1.165) is 38.1 Å². The third-order valence-corrected chi connectivity index (χ3v) is 7.76. The third-order valence-electron chi connectivity index (χ3n) is 7.76. The van der Waals surface area contributed by atoms with E-state index in [9.17, 15) is 9.59 Å². The van der Waals surface area contributed by atoms with Crippen LogP contribution in [-0.4, -0.2) is 43.5 Å². The summed E-state index contributed by atoms with van der Waals surface area (Å²) < 4.78 is 0. The summed E-state index contributed by atoms with van der Waals surface area (Å²) in [5.41, 5.74) is 9.09. The molecule has 32 heavy (non-hydrogen) atoms. The molecule has 2 saturated carbocycles. The van der Waals surface area contributed by atoms with Crippen molar-refractivity contribution in [2.45, 2.75) is 96.1 Å². The minimum absolute atomic E-state index is 0.0699. The predicted molar refractivity (Wildman–Crippen MR) is 121 cm³/mol. The fourth-order valence-corrected chi connectivity index (χ4v) is 5.94. The zero-order valence-electron chi connectivity index (χ0n) is 19.5. The van der Waals surface area contributed by atoms with E-state index in [0.29, 0.717) is 31.2 Å². The fourth-order valence-electron chi connectivity index (χ4n) is 5.94. The quantitative estimate of drug-likeness (QED) is 0.293. The van der Waals surface area contributed by atoms with Crippen molar-refractivity contribution in [3.05, 3.63) is 0 Å². The molecule has 4 aliphatic rings. The van der Waals surface area contributed by atoms with Crippen molar-refractivity contribution in [3.8, 4) is 0 Å². The number of nitrogens with one attached hydrogen (secondary N) is 6. The molecule has 182 valence electrons. The van der Waals surface area contributed by atoms with Crippen molar-refractivity contribution in [3.63, 3.8) is 0 Å². The minimum Gasteiger partial charge on any atom is -0.356 e. The van der Waals surface area contributed by atoms with Gasteiger partial charge in [-0.05, 0) is 56.9 Å². The molecule has 9 heteroatoms. The van der Waals surface area contributed by atoms with Crippen LogP contribution in [-0.2, 0) is 14.4 Å². The predicted octanol–water partition coefficient (Wildman–Crippen LogP) is 1.23. The molecule has 4 rings (SSSR count). The smallest absolute Gasteiger partial charge is 0.237 e. The summed E-state index contributed by atoms with van der Waals surface area (Å²) in [5, 5.41) is 10.0. The lowest BCUT2D eigenvalue weighted by molar-refractivity contribution is -0.134. The van der Waals surface area contributed by atoms with Crippen LogP contribution >= 0.6 is 0 Å². The van der Waals surface area contributed by atoms with Crippen molar-refractivity contribution < 1.29 is 14.4 Å². The number of fused-ring (bicyclic) bond motifs is 1. The molecule has 0 radical (unpaired) electrons. The van der Waals surface area contributed by atoms with Gasteiger partial charge in [0.2, 0.25) is 11.8 Å². The first-order valence-electron chi connectivity index (χ1n) is 12.8. The number of hydroxylamine groups is 1. The van der Waals surface area contributed by atoms with Gasteiger partial charge in [0, 0.05) is 24.8 Å². The molecule has 6 N–H and O–H groups in total. The van der Waals surface area contributed by atoms with E-state index in [-0.39, 0.29) is 36.3 Å². The van der Waals surface area contributed by atoms with Gasteiger partial charge in [-0.15, -0.1) is 0 Å². The SMILES string of the molecule is CC1CCCC(C2NOC(CCC(=O)NCCCNC3NNC(=O)C4CCCCC34)N2)C1. The van der Waals surface area contributed by atoms with Crippen molar-refractivity contribution in [1.29, 1.82) is 0 Å². The van der Waals surface area contributed by atoms with Gasteiger partial charge in [-0.1, -0.05) is 32.6 Å². The number of hydrogen-bond acceptors (Lipinski definition) is 7. The molecular weight excluding hydrogens is 408 g/mol. The largest absolute Gasteiger partial charge is 0.356 e. The summed E-state index contributed by atoms with van der Waals surface area (Å²) >= 11 is 0. The van der Waals surface area contributed by atoms with Crippen LogP contribution < -0.4 is 32.3 Å². The highest BCUT2D eigenvalue weighted by atomic mass is 16.7. The molecule has 7 atom stereocenters. The second-order valence-corrected chi connectivity index (χ2v) is 10.3. The van der Waals surface area contributed by atoms with E-state index >= 15 is 0 Å². The van der Waals surface area contributed by atoms with Crippen molar-refractivity contribution in [2.75, 3.05) is 13.1 Å². The summed E-state index contributed by atoms with van der Waals surface area (Å²) in [5.74, 6) is 2.09. The standard InChI is InChI=1S/C23H42N6O3/c1-15-6-4-7-16(14-15)21-26-20(32-29-21)11-10-19(30)24-12-5-13-25-22-17-8-2-3-9-18(17)23(31)28-27-22/h15-18,20-22,25-27,29H,2-14H2,1H3,(H,24,30)(H,28,31). The van der Waals surface area contributed by atoms with E-state index in [1.807, 2.05) is 0 Å². The third kappa shape index (κ3) is 6.41. The molecule has 9 nitrogen and oxygen atoms in total. The topological polar surface area (TPSA) is 116 Å². The summed E-state index contributed by atoms with van der Waals surface area (Å²) in [6.07, 6.45) is 11.7. The van der Waals surface area contributed by atoms with Crippen LogP contribution in [0.4, 0.5) is 0 Å². The number of carbonyl (C=O) groups is 2. The zero-order valence-corrected chi connectivity index (χ0v) is 19.5. The van der Waals surface area contributed by atoms with Gasteiger partial charge in [-0.2, -0.15) is 5.48 Å². The van der Waals surface area contributed by atoms with Gasteiger partial charge in [0.15, 0.2) is 0 Å². The maximum absolute atomic E-state index is 12.2. The summed E-state index contributed by atoms with van der Waals surface area (Å²) in [4.78, 5) is 29.9. The minimum atomic E-state index is -0.0966. The molecule has 0 aromatic carbocycles. The highest BCUT2D eigenvalue weighted by molar-refractivity contribution is 5.79. The zero-order chi connectivity index (χ0) is 22.3. The van der Waals surface area contributed by atoms with Crippen LogP contribution in [0, 0.1) is 23.7 Å². The molecule has 2 aliphatic carbocycles. The first-order valence-corrected chi connectivity index (χ1v) is 12.8. The molecule has 0 spiro atoms. The summed E-state index contributed by atoms with van der Waals surface area (Å²) in [6, 6.07) is 0. The molecule has 4 fully saturated rings. The van der Waals surface area contributed by atoms with Gasteiger partial charge in [-0.3, -0.25) is 25.2 Å². The molecule has 2 heterocycles. The van der Waals surface area contributed by atoms with Gasteiger partial charge in [0.1, 0.15) is 6.23 Å². The number of amides is 2. The molecular formula is C23H42N6O3. The Labute approximate surface area is 191 Å². The number of hydrazine groups is 1. The van der Waals surface area contributed by atoms with Gasteiger partial charge >= 0.3 is 0 Å². The lowest BCUT2D eigenvalue weighted by atomic mass is 9.76.